The minimum absolute atomic E-state index is 0.395. The third-order valence-corrected chi connectivity index (χ3v) is 2.73. The van der Waals surface area contributed by atoms with Gasteiger partial charge in [0.25, 0.3) is 0 Å². The fourth-order valence-corrected chi connectivity index (χ4v) is 1.82. The van der Waals surface area contributed by atoms with Crippen molar-refractivity contribution in [3.05, 3.63) is 0 Å². The third kappa shape index (κ3) is 0.867. The number of fused-ring (bicyclic) bond motifs is 2. The summed E-state index contributed by atoms with van der Waals surface area (Å²) in [6, 6.07) is 0. The van der Waals surface area contributed by atoms with E-state index in [1.807, 2.05) is 0 Å². The van der Waals surface area contributed by atoms with Gasteiger partial charge in [-0.2, -0.15) is 0 Å². The van der Waals surface area contributed by atoms with Crippen molar-refractivity contribution in [1.82, 2.24) is 0 Å². The van der Waals surface area contributed by atoms with E-state index in [4.69, 9.17) is 9.47 Å². The first kappa shape index (κ1) is 6.62. The Balaban J connectivity index is 2.09. The number of hydrogen-bond donors (Lipinski definition) is 0. The Morgan fingerprint density at radius 3 is 2.90 bits per heavy atom. The Morgan fingerprint density at radius 1 is 1.30 bits per heavy atom. The van der Waals surface area contributed by atoms with E-state index in [0.29, 0.717) is 24.2 Å². The van der Waals surface area contributed by atoms with Crippen LogP contribution in [0.2, 0.25) is 0 Å². The molecule has 0 aromatic carbocycles. The SMILES string of the molecule is CC1OC2COC(C2)C1C. The molecule has 0 N–H and O–H groups in total. The molecule has 0 aliphatic carbocycles. The quantitative estimate of drug-likeness (QED) is 0.506. The first-order valence-electron chi connectivity index (χ1n) is 4.04. The fourth-order valence-electron chi connectivity index (χ4n) is 1.82. The molecule has 2 aliphatic heterocycles. The van der Waals surface area contributed by atoms with E-state index in [0.717, 1.165) is 13.0 Å². The number of ether oxygens (including phenoxy) is 2. The highest BCUT2D eigenvalue weighted by Gasteiger charge is 2.39. The monoisotopic (exact) mass is 142 g/mol. The van der Waals surface area contributed by atoms with Gasteiger partial charge >= 0.3 is 0 Å². The van der Waals surface area contributed by atoms with E-state index in [1.54, 1.807) is 0 Å². The van der Waals surface area contributed by atoms with Crippen molar-refractivity contribution in [3.8, 4) is 0 Å². The van der Waals surface area contributed by atoms with Crippen LogP contribution >= 0.6 is 0 Å². The Hall–Kier alpha value is -0.0800. The zero-order valence-corrected chi connectivity index (χ0v) is 6.54. The molecule has 0 radical (unpaired) electrons. The largest absolute Gasteiger partial charge is 0.375 e. The molecule has 2 nitrogen and oxygen atoms in total. The summed E-state index contributed by atoms with van der Waals surface area (Å²) in [6.45, 7) is 5.16. The van der Waals surface area contributed by atoms with Crippen molar-refractivity contribution in [2.24, 2.45) is 5.92 Å². The Bertz CT molecular complexity index is 135. The summed E-state index contributed by atoms with van der Waals surface area (Å²) >= 11 is 0. The number of hydrogen-bond acceptors (Lipinski definition) is 2. The van der Waals surface area contributed by atoms with E-state index < -0.39 is 0 Å². The molecule has 0 amide bonds. The lowest BCUT2D eigenvalue weighted by molar-refractivity contribution is -0.0548. The van der Waals surface area contributed by atoms with Gasteiger partial charge in [0.1, 0.15) is 0 Å². The summed E-state index contributed by atoms with van der Waals surface area (Å²) in [5, 5.41) is 0. The van der Waals surface area contributed by atoms with Gasteiger partial charge in [0.05, 0.1) is 24.9 Å². The third-order valence-electron chi connectivity index (χ3n) is 2.73. The van der Waals surface area contributed by atoms with Gasteiger partial charge in [-0.3, -0.25) is 0 Å². The molecule has 2 heteroatoms. The van der Waals surface area contributed by atoms with Gasteiger partial charge in [-0.15, -0.1) is 0 Å². The lowest BCUT2D eigenvalue weighted by atomic mass is 9.93. The first-order chi connectivity index (χ1) is 4.77. The summed E-state index contributed by atoms with van der Waals surface area (Å²) < 4.78 is 11.2. The second kappa shape index (κ2) is 2.21. The Morgan fingerprint density at radius 2 is 2.10 bits per heavy atom. The molecule has 0 spiro atoms. The van der Waals surface area contributed by atoms with Crippen LogP contribution in [0.5, 0.6) is 0 Å². The topological polar surface area (TPSA) is 18.5 Å². The van der Waals surface area contributed by atoms with Crippen LogP contribution < -0.4 is 0 Å². The van der Waals surface area contributed by atoms with Crippen molar-refractivity contribution >= 4 is 0 Å². The second-order valence-electron chi connectivity index (χ2n) is 3.43. The lowest BCUT2D eigenvalue weighted by Crippen LogP contribution is -2.35. The van der Waals surface area contributed by atoms with Gasteiger partial charge < -0.3 is 9.47 Å². The smallest absolute Gasteiger partial charge is 0.0837 e. The summed E-state index contributed by atoms with van der Waals surface area (Å²) in [7, 11) is 0. The Labute approximate surface area is 61.5 Å². The van der Waals surface area contributed by atoms with Crippen molar-refractivity contribution in [2.45, 2.75) is 38.6 Å². The van der Waals surface area contributed by atoms with E-state index in [1.165, 1.54) is 0 Å². The van der Waals surface area contributed by atoms with Crippen LogP contribution in [0.15, 0.2) is 0 Å². The van der Waals surface area contributed by atoms with Gasteiger partial charge in [-0.25, -0.2) is 0 Å². The predicted molar refractivity (Wildman–Crippen MR) is 37.9 cm³/mol. The molecule has 2 rings (SSSR count). The molecule has 58 valence electrons. The molecule has 2 aliphatic rings. The molecular weight excluding hydrogens is 128 g/mol. The van der Waals surface area contributed by atoms with Gasteiger partial charge in [0.2, 0.25) is 0 Å². The molecule has 0 aromatic rings. The molecule has 2 heterocycles. The van der Waals surface area contributed by atoms with Gasteiger partial charge in [-0.05, 0) is 6.92 Å². The fraction of sp³-hybridized carbons (Fsp3) is 1.00. The zero-order valence-electron chi connectivity index (χ0n) is 6.54. The molecule has 0 saturated carbocycles. The highest BCUT2D eigenvalue weighted by Crippen LogP contribution is 2.32. The Kier molecular flexibility index (Phi) is 1.46. The lowest BCUT2D eigenvalue weighted by Gasteiger charge is -2.30. The standard InChI is InChI=1S/C8H14O2/c1-5-6(2)10-7-3-8(5)9-4-7/h5-8H,3-4H2,1-2H3. The van der Waals surface area contributed by atoms with Crippen molar-refractivity contribution in [3.63, 3.8) is 0 Å². The van der Waals surface area contributed by atoms with E-state index in [-0.39, 0.29) is 0 Å². The van der Waals surface area contributed by atoms with Gasteiger partial charge in [-0.1, -0.05) is 6.92 Å². The van der Waals surface area contributed by atoms with Gasteiger partial charge in [0.15, 0.2) is 0 Å². The predicted octanol–water partition coefficient (Wildman–Crippen LogP) is 1.20. The maximum Gasteiger partial charge on any atom is 0.0837 e. The van der Waals surface area contributed by atoms with Crippen molar-refractivity contribution < 1.29 is 9.47 Å². The first-order valence-corrected chi connectivity index (χ1v) is 4.04. The average Bonchev–Trinajstić information content (AvgIpc) is 2.29. The second-order valence-corrected chi connectivity index (χ2v) is 3.43. The van der Waals surface area contributed by atoms with Crippen molar-refractivity contribution in [2.75, 3.05) is 6.61 Å². The molecule has 0 aromatic heterocycles. The van der Waals surface area contributed by atoms with E-state index in [9.17, 15) is 0 Å². The molecule has 10 heavy (non-hydrogen) atoms. The molecule has 2 bridgehead atoms. The van der Waals surface area contributed by atoms with Crippen molar-refractivity contribution in [1.29, 1.82) is 0 Å². The average molecular weight is 142 g/mol. The minimum Gasteiger partial charge on any atom is -0.375 e. The molecule has 2 fully saturated rings. The maximum atomic E-state index is 5.66. The highest BCUT2D eigenvalue weighted by molar-refractivity contribution is 4.86. The van der Waals surface area contributed by atoms with Crippen LogP contribution in [-0.4, -0.2) is 24.9 Å². The van der Waals surface area contributed by atoms with Crippen LogP contribution in [0.3, 0.4) is 0 Å². The highest BCUT2D eigenvalue weighted by atomic mass is 16.6. The van der Waals surface area contributed by atoms with E-state index in [2.05, 4.69) is 13.8 Å². The molecule has 4 atom stereocenters. The maximum absolute atomic E-state index is 5.66. The normalized spacial score (nSPS) is 53.4. The van der Waals surface area contributed by atoms with Gasteiger partial charge in [0, 0.05) is 12.3 Å². The van der Waals surface area contributed by atoms with Crippen LogP contribution in [0, 0.1) is 5.92 Å². The molecule has 4 unspecified atom stereocenters. The minimum atomic E-state index is 0.395. The zero-order chi connectivity index (χ0) is 7.14. The van der Waals surface area contributed by atoms with Crippen LogP contribution in [0.25, 0.3) is 0 Å². The van der Waals surface area contributed by atoms with Crippen LogP contribution in [-0.2, 0) is 9.47 Å². The summed E-state index contributed by atoms with van der Waals surface area (Å²) in [5.41, 5.74) is 0. The van der Waals surface area contributed by atoms with E-state index >= 15 is 0 Å². The van der Waals surface area contributed by atoms with Crippen LogP contribution in [0.4, 0.5) is 0 Å². The molecular formula is C8H14O2. The van der Waals surface area contributed by atoms with Crippen LogP contribution in [0.1, 0.15) is 20.3 Å². The summed E-state index contributed by atoms with van der Waals surface area (Å²) in [4.78, 5) is 0. The summed E-state index contributed by atoms with van der Waals surface area (Å²) in [5.74, 6) is 0.582. The molecule has 2 saturated heterocycles. The number of rotatable bonds is 0. The summed E-state index contributed by atoms with van der Waals surface area (Å²) in [6.07, 6.45) is 2.39.